The summed E-state index contributed by atoms with van der Waals surface area (Å²) in [4.78, 5) is 11.0. The van der Waals surface area contributed by atoms with Crippen molar-refractivity contribution in [2.45, 2.75) is 6.61 Å². The summed E-state index contributed by atoms with van der Waals surface area (Å²) in [5.74, 6) is -1.05. The molecule has 0 radical (unpaired) electrons. The number of rotatable bonds is 3. The molecule has 0 amide bonds. The first kappa shape index (κ1) is 10.3. The first-order chi connectivity index (χ1) is 7.74. The van der Waals surface area contributed by atoms with Crippen LogP contribution in [0.3, 0.4) is 0 Å². The summed E-state index contributed by atoms with van der Waals surface area (Å²) in [6.45, 7) is -0.249. The van der Waals surface area contributed by atoms with Gasteiger partial charge < -0.3 is 10.2 Å². The SMILES string of the molecule is O=C(O)c1ccccc1-n1nncc1CO. The number of hydrogen-bond acceptors (Lipinski definition) is 4. The third-order valence-corrected chi connectivity index (χ3v) is 2.14. The van der Waals surface area contributed by atoms with Crippen molar-refractivity contribution in [3.63, 3.8) is 0 Å². The number of para-hydroxylation sites is 1. The molecule has 1 aromatic carbocycles. The topological polar surface area (TPSA) is 88.2 Å². The maximum Gasteiger partial charge on any atom is 0.337 e. The van der Waals surface area contributed by atoms with Gasteiger partial charge in [0.25, 0.3) is 0 Å². The van der Waals surface area contributed by atoms with Gasteiger partial charge in [-0.1, -0.05) is 17.3 Å². The van der Waals surface area contributed by atoms with E-state index in [2.05, 4.69) is 10.3 Å². The van der Waals surface area contributed by atoms with Gasteiger partial charge in [-0.3, -0.25) is 0 Å². The Bertz CT molecular complexity index is 522. The van der Waals surface area contributed by atoms with Gasteiger partial charge in [0.1, 0.15) is 0 Å². The minimum absolute atomic E-state index is 0.114. The molecule has 0 aliphatic rings. The van der Waals surface area contributed by atoms with E-state index >= 15 is 0 Å². The molecule has 2 aromatic rings. The van der Waals surface area contributed by atoms with Gasteiger partial charge in [0.05, 0.1) is 29.7 Å². The number of aliphatic hydroxyl groups is 1. The van der Waals surface area contributed by atoms with E-state index in [4.69, 9.17) is 10.2 Å². The van der Waals surface area contributed by atoms with Gasteiger partial charge >= 0.3 is 5.97 Å². The van der Waals surface area contributed by atoms with Crippen LogP contribution < -0.4 is 0 Å². The zero-order valence-electron chi connectivity index (χ0n) is 8.24. The highest BCUT2D eigenvalue weighted by molar-refractivity contribution is 5.91. The van der Waals surface area contributed by atoms with Crippen LogP contribution in [0.2, 0.25) is 0 Å². The standard InChI is InChI=1S/C10H9N3O3/c14-6-7-5-11-12-13(7)9-4-2-1-3-8(9)10(15)16/h1-5,14H,6H2,(H,15,16). The van der Waals surface area contributed by atoms with Crippen LogP contribution >= 0.6 is 0 Å². The average molecular weight is 219 g/mol. The van der Waals surface area contributed by atoms with E-state index in [9.17, 15) is 4.79 Å². The molecule has 0 aliphatic heterocycles. The van der Waals surface area contributed by atoms with Crippen molar-refractivity contribution < 1.29 is 15.0 Å². The van der Waals surface area contributed by atoms with Crippen LogP contribution in [0.5, 0.6) is 0 Å². The molecule has 1 aromatic heterocycles. The first-order valence-electron chi connectivity index (χ1n) is 4.57. The maximum atomic E-state index is 11.0. The van der Waals surface area contributed by atoms with Crippen LogP contribution in [-0.2, 0) is 6.61 Å². The molecule has 2 rings (SSSR count). The van der Waals surface area contributed by atoms with Crippen LogP contribution in [0, 0.1) is 0 Å². The molecule has 82 valence electrons. The summed E-state index contributed by atoms with van der Waals surface area (Å²) in [6.07, 6.45) is 1.39. The summed E-state index contributed by atoms with van der Waals surface area (Å²) in [5.41, 5.74) is 0.938. The summed E-state index contributed by atoms with van der Waals surface area (Å²) >= 11 is 0. The molecule has 0 aliphatic carbocycles. The van der Waals surface area contributed by atoms with Crippen molar-refractivity contribution in [3.8, 4) is 5.69 Å². The van der Waals surface area contributed by atoms with Gasteiger partial charge in [0, 0.05) is 0 Å². The maximum absolute atomic E-state index is 11.0. The molecule has 0 unspecified atom stereocenters. The first-order valence-corrected chi connectivity index (χ1v) is 4.57. The zero-order chi connectivity index (χ0) is 11.5. The van der Waals surface area contributed by atoms with Gasteiger partial charge in [-0.15, -0.1) is 5.10 Å². The molecule has 0 saturated heterocycles. The van der Waals surface area contributed by atoms with Gasteiger partial charge in [-0.2, -0.15) is 0 Å². The monoisotopic (exact) mass is 219 g/mol. The van der Waals surface area contributed by atoms with E-state index in [1.54, 1.807) is 18.2 Å². The Hall–Kier alpha value is -2.21. The Morgan fingerprint density at radius 2 is 2.12 bits per heavy atom. The summed E-state index contributed by atoms with van der Waals surface area (Å²) in [7, 11) is 0. The summed E-state index contributed by atoms with van der Waals surface area (Å²) < 4.78 is 1.31. The van der Waals surface area contributed by atoms with E-state index < -0.39 is 5.97 Å². The third-order valence-electron chi connectivity index (χ3n) is 2.14. The molecule has 2 N–H and O–H groups in total. The number of aromatic nitrogens is 3. The number of carboxylic acids is 1. The number of benzene rings is 1. The van der Waals surface area contributed by atoms with Crippen molar-refractivity contribution in [1.29, 1.82) is 0 Å². The van der Waals surface area contributed by atoms with Gasteiger partial charge in [0.15, 0.2) is 0 Å². The predicted molar refractivity (Wildman–Crippen MR) is 54.2 cm³/mol. The molecule has 0 fully saturated rings. The molecule has 0 spiro atoms. The molecular weight excluding hydrogens is 210 g/mol. The van der Waals surface area contributed by atoms with Gasteiger partial charge in [0.2, 0.25) is 0 Å². The summed E-state index contributed by atoms with van der Waals surface area (Å²) in [6, 6.07) is 6.41. The second kappa shape index (κ2) is 4.11. The fraction of sp³-hybridized carbons (Fsp3) is 0.100. The lowest BCUT2D eigenvalue weighted by molar-refractivity contribution is 0.0696. The Labute approximate surface area is 90.8 Å². The Morgan fingerprint density at radius 3 is 2.81 bits per heavy atom. The number of aliphatic hydroxyl groups excluding tert-OH is 1. The van der Waals surface area contributed by atoms with Crippen LogP contribution in [0.15, 0.2) is 30.5 Å². The van der Waals surface area contributed by atoms with Gasteiger partial charge in [-0.05, 0) is 12.1 Å². The molecule has 0 bridgehead atoms. The highest BCUT2D eigenvalue weighted by Crippen LogP contribution is 2.15. The number of carboxylic acid groups (broad SMARTS) is 1. The molecule has 1 heterocycles. The van der Waals surface area contributed by atoms with Crippen molar-refractivity contribution in [2.24, 2.45) is 0 Å². The van der Waals surface area contributed by atoms with E-state index in [-0.39, 0.29) is 12.2 Å². The highest BCUT2D eigenvalue weighted by Gasteiger charge is 2.13. The van der Waals surface area contributed by atoms with Crippen LogP contribution in [-0.4, -0.2) is 31.2 Å². The third kappa shape index (κ3) is 1.66. The number of carbonyl (C=O) groups is 1. The normalized spacial score (nSPS) is 10.3. The average Bonchev–Trinajstić information content (AvgIpc) is 2.76. The van der Waals surface area contributed by atoms with E-state index in [1.807, 2.05) is 0 Å². The Morgan fingerprint density at radius 1 is 1.38 bits per heavy atom. The molecule has 0 saturated carbocycles. The fourth-order valence-electron chi connectivity index (χ4n) is 1.41. The molecule has 0 atom stereocenters. The molecule has 16 heavy (non-hydrogen) atoms. The lowest BCUT2D eigenvalue weighted by Gasteiger charge is -2.07. The predicted octanol–water partition coefficient (Wildman–Crippen LogP) is 0.458. The van der Waals surface area contributed by atoms with Crippen molar-refractivity contribution >= 4 is 5.97 Å². The van der Waals surface area contributed by atoms with Crippen LogP contribution in [0.25, 0.3) is 5.69 Å². The lowest BCUT2D eigenvalue weighted by Crippen LogP contribution is -2.09. The van der Waals surface area contributed by atoms with Crippen LogP contribution in [0.1, 0.15) is 16.1 Å². The quantitative estimate of drug-likeness (QED) is 0.782. The number of nitrogens with zero attached hydrogens (tertiary/aromatic N) is 3. The fourth-order valence-corrected chi connectivity index (χ4v) is 1.41. The van der Waals surface area contributed by atoms with Gasteiger partial charge in [-0.25, -0.2) is 9.48 Å². The second-order valence-electron chi connectivity index (χ2n) is 3.12. The minimum Gasteiger partial charge on any atom is -0.478 e. The van der Waals surface area contributed by atoms with E-state index in [0.29, 0.717) is 11.4 Å². The summed E-state index contributed by atoms with van der Waals surface area (Å²) in [5, 5.41) is 25.4. The van der Waals surface area contributed by atoms with Crippen LogP contribution in [0.4, 0.5) is 0 Å². The van der Waals surface area contributed by atoms with E-state index in [1.165, 1.54) is 16.9 Å². The Balaban J connectivity index is 2.60. The van der Waals surface area contributed by atoms with E-state index in [0.717, 1.165) is 0 Å². The number of hydrogen-bond donors (Lipinski definition) is 2. The molecular formula is C10H9N3O3. The second-order valence-corrected chi connectivity index (χ2v) is 3.12. The smallest absolute Gasteiger partial charge is 0.337 e. The van der Waals surface area contributed by atoms with Crippen molar-refractivity contribution in [3.05, 3.63) is 41.7 Å². The zero-order valence-corrected chi connectivity index (χ0v) is 8.24. The highest BCUT2D eigenvalue weighted by atomic mass is 16.4. The molecule has 6 nitrogen and oxygen atoms in total. The largest absolute Gasteiger partial charge is 0.478 e. The molecule has 6 heteroatoms. The minimum atomic E-state index is -1.05. The van der Waals surface area contributed by atoms with Crippen molar-refractivity contribution in [2.75, 3.05) is 0 Å². The van der Waals surface area contributed by atoms with Crippen molar-refractivity contribution in [1.82, 2.24) is 15.0 Å². The number of aromatic carboxylic acids is 1. The lowest BCUT2D eigenvalue weighted by atomic mass is 10.2. The Kier molecular flexibility index (Phi) is 2.65.